The third-order valence-electron chi connectivity index (χ3n) is 8.58. The summed E-state index contributed by atoms with van der Waals surface area (Å²) in [5.74, 6) is 1.12. The maximum absolute atomic E-state index is 12.7. The van der Waals surface area contributed by atoms with Gasteiger partial charge in [-0.25, -0.2) is 9.59 Å². The Morgan fingerprint density at radius 1 is 1.15 bits per heavy atom. The van der Waals surface area contributed by atoms with Crippen LogP contribution < -0.4 is 4.74 Å². The summed E-state index contributed by atoms with van der Waals surface area (Å²) in [5, 5.41) is 10.6. The van der Waals surface area contributed by atoms with Gasteiger partial charge in [0.1, 0.15) is 18.6 Å². The van der Waals surface area contributed by atoms with Gasteiger partial charge < -0.3 is 28.8 Å². The number of esters is 1. The minimum absolute atomic E-state index is 0.125. The second kappa shape index (κ2) is 14.9. The molecule has 9 heteroatoms. The molecule has 0 amide bonds. The maximum Gasteiger partial charge on any atom is 0.509 e. The summed E-state index contributed by atoms with van der Waals surface area (Å²) in [6.07, 6.45) is 6.80. The van der Waals surface area contributed by atoms with Gasteiger partial charge in [0.2, 0.25) is 0 Å². The number of hydrogen-bond acceptors (Lipinski definition) is 9. The van der Waals surface area contributed by atoms with Crippen LogP contribution in [0.1, 0.15) is 63.0 Å². The third-order valence-corrected chi connectivity index (χ3v) is 8.58. The molecule has 1 aliphatic heterocycles. The second-order valence-corrected chi connectivity index (χ2v) is 11.1. The normalized spacial score (nSPS) is 25.3. The molecule has 5 atom stereocenters. The van der Waals surface area contributed by atoms with Crippen molar-refractivity contribution in [2.24, 2.45) is 17.8 Å². The highest BCUT2D eigenvalue weighted by Gasteiger charge is 2.47. The van der Waals surface area contributed by atoms with Gasteiger partial charge in [0.15, 0.2) is 6.61 Å². The van der Waals surface area contributed by atoms with Gasteiger partial charge in [-0.2, -0.15) is 0 Å². The first-order chi connectivity index (χ1) is 19.0. The van der Waals surface area contributed by atoms with Gasteiger partial charge in [0, 0.05) is 13.1 Å². The van der Waals surface area contributed by atoms with E-state index in [4.69, 9.17) is 23.7 Å². The summed E-state index contributed by atoms with van der Waals surface area (Å²) in [7, 11) is 1.35. The largest absolute Gasteiger partial charge is 0.509 e. The van der Waals surface area contributed by atoms with E-state index in [9.17, 15) is 14.7 Å². The zero-order valence-electron chi connectivity index (χ0n) is 23.5. The van der Waals surface area contributed by atoms with Crippen LogP contribution in [0.15, 0.2) is 18.2 Å². The second-order valence-electron chi connectivity index (χ2n) is 11.1. The Morgan fingerprint density at radius 3 is 2.74 bits per heavy atom. The molecule has 0 bridgehead atoms. The zero-order valence-corrected chi connectivity index (χ0v) is 23.5. The molecule has 1 N–H and O–H groups in total. The molecule has 1 aromatic rings. The lowest BCUT2D eigenvalue weighted by Gasteiger charge is -2.32. The van der Waals surface area contributed by atoms with Crippen LogP contribution in [0.4, 0.5) is 4.79 Å². The van der Waals surface area contributed by atoms with Gasteiger partial charge in [-0.05, 0) is 73.5 Å². The van der Waals surface area contributed by atoms with Crippen molar-refractivity contribution < 1.29 is 38.4 Å². The molecule has 1 heterocycles. The molecule has 9 nitrogen and oxygen atoms in total. The van der Waals surface area contributed by atoms with E-state index in [2.05, 4.69) is 13.0 Å². The molecule has 1 saturated carbocycles. The van der Waals surface area contributed by atoms with Crippen molar-refractivity contribution in [3.63, 3.8) is 0 Å². The number of fused-ring (bicyclic) bond motifs is 2. The lowest BCUT2D eigenvalue weighted by atomic mass is 9.73. The topological polar surface area (TPSA) is 104 Å². The number of rotatable bonds is 13. The number of carbonyl (C=O) groups is 2. The van der Waals surface area contributed by atoms with E-state index in [1.165, 1.54) is 12.7 Å². The molecule has 0 radical (unpaired) electrons. The number of aliphatic hydroxyl groups excluding tert-OH is 1. The minimum Gasteiger partial charge on any atom is -0.482 e. The van der Waals surface area contributed by atoms with Gasteiger partial charge in [-0.15, -0.1) is 0 Å². The van der Waals surface area contributed by atoms with Crippen LogP contribution >= 0.6 is 0 Å². The van der Waals surface area contributed by atoms with E-state index >= 15 is 0 Å². The number of methoxy groups -OCH3 is 1. The Morgan fingerprint density at radius 2 is 1.97 bits per heavy atom. The smallest absolute Gasteiger partial charge is 0.482 e. The molecule has 39 heavy (non-hydrogen) atoms. The van der Waals surface area contributed by atoms with Gasteiger partial charge in [-0.3, -0.25) is 4.90 Å². The van der Waals surface area contributed by atoms with Crippen LogP contribution in [0, 0.1) is 17.8 Å². The molecule has 1 aromatic carbocycles. The predicted octanol–water partition coefficient (Wildman–Crippen LogP) is 4.12. The summed E-state index contributed by atoms with van der Waals surface area (Å²) in [6.45, 7) is 4.99. The van der Waals surface area contributed by atoms with E-state index < -0.39 is 12.1 Å². The van der Waals surface area contributed by atoms with Crippen molar-refractivity contribution in [2.45, 2.75) is 76.9 Å². The molecule has 1 saturated heterocycles. The fraction of sp³-hybridized carbons (Fsp3) is 0.733. The van der Waals surface area contributed by atoms with Crippen molar-refractivity contribution >= 4 is 12.1 Å². The van der Waals surface area contributed by atoms with E-state index in [1.807, 2.05) is 17.0 Å². The molecule has 0 aromatic heterocycles. The summed E-state index contributed by atoms with van der Waals surface area (Å²) < 4.78 is 27.4. The van der Waals surface area contributed by atoms with Gasteiger partial charge in [0.05, 0.1) is 26.4 Å². The van der Waals surface area contributed by atoms with Crippen molar-refractivity contribution in [1.29, 1.82) is 0 Å². The number of morpholine rings is 1. The number of aliphatic hydroxyl groups is 1. The molecule has 218 valence electrons. The van der Waals surface area contributed by atoms with E-state index in [0.717, 1.165) is 70.0 Å². The van der Waals surface area contributed by atoms with Crippen LogP contribution in [0.25, 0.3) is 0 Å². The Kier molecular flexibility index (Phi) is 11.3. The zero-order chi connectivity index (χ0) is 27.6. The maximum atomic E-state index is 12.7. The molecular formula is C30H45NO8. The Balaban J connectivity index is 1.42. The number of benzene rings is 1. The average molecular weight is 548 g/mol. The average Bonchev–Trinajstić information content (AvgIpc) is 3.28. The van der Waals surface area contributed by atoms with Crippen molar-refractivity contribution in [1.82, 2.24) is 4.90 Å². The van der Waals surface area contributed by atoms with Gasteiger partial charge >= 0.3 is 12.1 Å². The third kappa shape index (κ3) is 8.32. The summed E-state index contributed by atoms with van der Waals surface area (Å²) >= 11 is 0. The number of ether oxygens (including phenoxy) is 5. The lowest BCUT2D eigenvalue weighted by Crippen LogP contribution is -2.39. The predicted molar refractivity (Wildman–Crippen MR) is 144 cm³/mol. The van der Waals surface area contributed by atoms with E-state index in [-0.39, 0.29) is 31.5 Å². The van der Waals surface area contributed by atoms with Crippen LogP contribution in [0.5, 0.6) is 5.75 Å². The van der Waals surface area contributed by atoms with Crippen LogP contribution in [-0.4, -0.2) is 81.1 Å². The highest BCUT2D eigenvalue weighted by atomic mass is 16.7. The molecular weight excluding hydrogens is 502 g/mol. The van der Waals surface area contributed by atoms with Gasteiger partial charge in [-0.1, -0.05) is 38.3 Å². The quantitative estimate of drug-likeness (QED) is 0.288. The number of carbonyl (C=O) groups excluding carboxylic acids is 2. The first-order valence-corrected chi connectivity index (χ1v) is 14.6. The highest BCUT2D eigenvalue weighted by Crippen LogP contribution is 2.49. The summed E-state index contributed by atoms with van der Waals surface area (Å²) in [4.78, 5) is 26.4. The first kappa shape index (κ1) is 29.6. The molecule has 2 aliphatic carbocycles. The fourth-order valence-corrected chi connectivity index (χ4v) is 6.43. The van der Waals surface area contributed by atoms with Crippen LogP contribution in [-0.2, 0) is 36.6 Å². The molecule has 2 fully saturated rings. The van der Waals surface area contributed by atoms with Crippen molar-refractivity contribution in [3.8, 4) is 5.75 Å². The molecule has 0 unspecified atom stereocenters. The van der Waals surface area contributed by atoms with Crippen molar-refractivity contribution in [3.05, 3.63) is 29.3 Å². The number of nitrogens with zero attached hydrogens (tertiary/aromatic N) is 1. The SMILES string of the molecule is CCCCC[C@H](O)CC[C@@H]1[C@H]2Cc3cccc(OCC(=O)OC)c3C[C@H]2C[C@H]1OC(=O)OCN1CCOCC1. The van der Waals surface area contributed by atoms with Gasteiger partial charge in [0.25, 0.3) is 0 Å². The van der Waals surface area contributed by atoms with E-state index in [1.54, 1.807) is 0 Å². The minimum atomic E-state index is -0.627. The Bertz CT molecular complexity index is 934. The first-order valence-electron chi connectivity index (χ1n) is 14.6. The monoisotopic (exact) mass is 547 g/mol. The highest BCUT2D eigenvalue weighted by molar-refractivity contribution is 5.71. The Labute approximate surface area is 232 Å². The molecule has 0 spiro atoms. The Hall–Kier alpha value is -2.36. The standard InChI is InChI=1S/C30H45NO8/c1-3-4-5-8-23(32)10-11-24-25-16-21-7-6-9-27(37-19-29(33)35-2)26(21)17-22(25)18-28(24)39-30(34)38-20-31-12-14-36-15-13-31/h6-7,9,22-25,28,32H,3-5,8,10-20H2,1-2H3/t22-,23-,24+,25-,28+/m0/s1. The number of hydrogen-bond donors (Lipinski definition) is 1. The molecule has 3 aliphatic rings. The van der Waals surface area contributed by atoms with Crippen LogP contribution in [0.3, 0.4) is 0 Å². The summed E-state index contributed by atoms with van der Waals surface area (Å²) in [6, 6.07) is 5.99. The fourth-order valence-electron chi connectivity index (χ4n) is 6.43. The van der Waals surface area contributed by atoms with Crippen LogP contribution in [0.2, 0.25) is 0 Å². The lowest BCUT2D eigenvalue weighted by molar-refractivity contribution is -0.142. The summed E-state index contributed by atoms with van der Waals surface area (Å²) in [5.41, 5.74) is 2.33. The van der Waals surface area contributed by atoms with Crippen molar-refractivity contribution in [2.75, 3.05) is 46.8 Å². The van der Waals surface area contributed by atoms with E-state index in [0.29, 0.717) is 37.2 Å². The number of unbranched alkanes of at least 4 members (excludes halogenated alkanes) is 2. The molecule has 4 rings (SSSR count).